The second-order valence-electron chi connectivity index (χ2n) is 9.63. The summed E-state index contributed by atoms with van der Waals surface area (Å²) < 4.78 is 15.9. The predicted octanol–water partition coefficient (Wildman–Crippen LogP) is 5.38. The minimum absolute atomic E-state index is 0.0449. The van der Waals surface area contributed by atoms with Crippen molar-refractivity contribution in [3.05, 3.63) is 88.1 Å². The van der Waals surface area contributed by atoms with Crippen LogP contribution in [-0.4, -0.2) is 56.1 Å². The molecule has 0 fully saturated rings. The molecule has 4 aromatic rings. The Morgan fingerprint density at radius 1 is 0.907 bits per heavy atom. The van der Waals surface area contributed by atoms with Gasteiger partial charge in [0.05, 0.1) is 26.4 Å². The van der Waals surface area contributed by atoms with E-state index >= 15 is 0 Å². The molecule has 0 unspecified atom stereocenters. The maximum absolute atomic E-state index is 13.9. The first-order valence-corrected chi connectivity index (χ1v) is 14.5. The maximum atomic E-state index is 13.9. The molecule has 220 valence electrons. The first kappa shape index (κ1) is 29.5. The average Bonchev–Trinajstić information content (AvgIpc) is 3.43. The van der Waals surface area contributed by atoms with Gasteiger partial charge in [0.25, 0.3) is 11.8 Å². The number of ether oxygens (including phenoxy) is 3. The molecule has 2 aromatic carbocycles. The van der Waals surface area contributed by atoms with Gasteiger partial charge >= 0.3 is 11.9 Å². The number of hydrogen-bond acceptors (Lipinski definition) is 9. The van der Waals surface area contributed by atoms with Crippen LogP contribution in [-0.2, 0) is 15.9 Å². The Kier molecular flexibility index (Phi) is 8.82. The lowest BCUT2D eigenvalue weighted by molar-refractivity contribution is 0.0588. The van der Waals surface area contributed by atoms with Crippen LogP contribution in [0, 0.1) is 0 Å². The van der Waals surface area contributed by atoms with Gasteiger partial charge in [0, 0.05) is 45.8 Å². The van der Waals surface area contributed by atoms with Crippen LogP contribution in [0.5, 0.6) is 5.75 Å². The van der Waals surface area contributed by atoms with Crippen molar-refractivity contribution in [2.75, 3.05) is 32.7 Å². The number of benzene rings is 2. The van der Waals surface area contributed by atoms with Gasteiger partial charge in [0.1, 0.15) is 11.4 Å². The number of anilines is 1. The fourth-order valence-electron chi connectivity index (χ4n) is 4.72. The molecule has 0 bridgehead atoms. The summed E-state index contributed by atoms with van der Waals surface area (Å²) in [5.74, 6) is -1.60. The molecule has 0 saturated heterocycles. The van der Waals surface area contributed by atoms with Gasteiger partial charge in [-0.05, 0) is 72.0 Å². The molecule has 0 spiro atoms. The lowest BCUT2D eigenvalue weighted by Crippen LogP contribution is -2.26. The van der Waals surface area contributed by atoms with E-state index in [4.69, 9.17) is 14.2 Å². The summed E-state index contributed by atoms with van der Waals surface area (Å²) in [6, 6.07) is 14.9. The molecule has 1 aliphatic heterocycles. The first-order chi connectivity index (χ1) is 20.8. The minimum atomic E-state index is -0.763. The third kappa shape index (κ3) is 6.12. The van der Waals surface area contributed by atoms with Crippen molar-refractivity contribution >= 4 is 40.8 Å². The predicted molar refractivity (Wildman–Crippen MR) is 162 cm³/mol. The molecular weight excluding hydrogens is 570 g/mol. The van der Waals surface area contributed by atoms with E-state index in [2.05, 4.69) is 15.6 Å². The number of carbonyl (C=O) groups is 4. The van der Waals surface area contributed by atoms with Crippen LogP contribution < -0.4 is 15.4 Å². The summed E-state index contributed by atoms with van der Waals surface area (Å²) in [5, 5.41) is 7.63. The summed E-state index contributed by atoms with van der Waals surface area (Å²) in [6.07, 6.45) is 1.44. The number of nitrogens with zero attached hydrogens (tertiary/aromatic N) is 1. The van der Waals surface area contributed by atoms with Crippen molar-refractivity contribution in [2.45, 2.75) is 19.8 Å². The third-order valence-electron chi connectivity index (χ3n) is 6.88. The van der Waals surface area contributed by atoms with E-state index in [1.54, 1.807) is 53.8 Å². The Balaban J connectivity index is 1.64. The van der Waals surface area contributed by atoms with E-state index in [-0.39, 0.29) is 17.0 Å². The van der Waals surface area contributed by atoms with E-state index in [9.17, 15) is 19.2 Å². The largest absolute Gasteiger partial charge is 0.493 e. The third-order valence-corrected chi connectivity index (χ3v) is 7.87. The number of carbonyl (C=O) groups excluding carboxylic acids is 4. The zero-order valence-corrected chi connectivity index (χ0v) is 24.6. The smallest absolute Gasteiger partial charge is 0.357 e. The second kappa shape index (κ2) is 12.9. The van der Waals surface area contributed by atoms with E-state index < -0.39 is 23.8 Å². The van der Waals surface area contributed by atoms with Crippen LogP contribution >= 0.6 is 11.3 Å². The molecule has 2 amide bonds. The molecule has 0 atom stereocenters. The molecule has 43 heavy (non-hydrogen) atoms. The van der Waals surface area contributed by atoms with Crippen molar-refractivity contribution in [3.8, 4) is 27.3 Å². The Morgan fingerprint density at radius 3 is 2.40 bits per heavy atom. The highest BCUT2D eigenvalue weighted by Crippen LogP contribution is 2.43. The van der Waals surface area contributed by atoms with Crippen LogP contribution in [0.2, 0.25) is 0 Å². The standard InChI is InChI=1S/C32H29N3O7S/c1-4-13-33-30(37)25-10-9-21(27(35-25)32(39)41-3)22-17-26-24(28-18(11-14-42-26)12-15-43-28)16-23(22)29(36)34-20-7-5-19(6-8-20)31(38)40-2/h5-10,12,15-17H,4,11,13-14H2,1-3H3,(H,33,37)(H,34,36). The maximum Gasteiger partial charge on any atom is 0.357 e. The SMILES string of the molecule is CCCNC(=O)c1ccc(-c2cc3c(cc2C(=O)Nc2ccc(C(=O)OC)cc2)-c2sccc2CCO3)c(C(=O)OC)n1. The van der Waals surface area contributed by atoms with E-state index in [1.165, 1.54) is 20.3 Å². The molecule has 0 aliphatic carbocycles. The minimum Gasteiger partial charge on any atom is -0.493 e. The molecule has 11 heteroatoms. The van der Waals surface area contributed by atoms with E-state index in [0.717, 1.165) is 22.4 Å². The average molecular weight is 600 g/mol. The number of methoxy groups -OCH3 is 2. The molecule has 10 nitrogen and oxygen atoms in total. The van der Waals surface area contributed by atoms with Gasteiger partial charge in [-0.1, -0.05) is 6.92 Å². The van der Waals surface area contributed by atoms with Crippen molar-refractivity contribution in [2.24, 2.45) is 0 Å². The number of amides is 2. The van der Waals surface area contributed by atoms with Gasteiger partial charge in [0.2, 0.25) is 0 Å². The number of aromatic nitrogens is 1. The lowest BCUT2D eigenvalue weighted by atomic mass is 9.93. The Hall–Kier alpha value is -5.03. The van der Waals surface area contributed by atoms with Crippen LogP contribution in [0.25, 0.3) is 21.6 Å². The van der Waals surface area contributed by atoms with Gasteiger partial charge in [-0.15, -0.1) is 11.3 Å². The Morgan fingerprint density at radius 2 is 1.67 bits per heavy atom. The summed E-state index contributed by atoms with van der Waals surface area (Å²) in [4.78, 5) is 56.7. The number of thiophene rings is 1. The molecule has 2 N–H and O–H groups in total. The summed E-state index contributed by atoms with van der Waals surface area (Å²) in [6.45, 7) is 2.82. The highest BCUT2D eigenvalue weighted by molar-refractivity contribution is 7.13. The highest BCUT2D eigenvalue weighted by atomic mass is 32.1. The van der Waals surface area contributed by atoms with Gasteiger partial charge in [-0.25, -0.2) is 14.6 Å². The Bertz CT molecular complexity index is 1710. The number of rotatable bonds is 8. The first-order valence-electron chi connectivity index (χ1n) is 13.6. The number of nitrogens with one attached hydrogen (secondary N) is 2. The van der Waals surface area contributed by atoms with Crippen molar-refractivity contribution in [3.63, 3.8) is 0 Å². The zero-order chi connectivity index (χ0) is 30.5. The molecular formula is C32H29N3O7S. The molecule has 2 aromatic heterocycles. The van der Waals surface area contributed by atoms with E-state index in [0.29, 0.717) is 47.7 Å². The topological polar surface area (TPSA) is 133 Å². The summed E-state index contributed by atoms with van der Waals surface area (Å²) >= 11 is 1.55. The summed E-state index contributed by atoms with van der Waals surface area (Å²) in [7, 11) is 2.52. The fraction of sp³-hybridized carbons (Fsp3) is 0.219. The molecule has 1 aliphatic rings. The molecule has 0 radical (unpaired) electrons. The summed E-state index contributed by atoms with van der Waals surface area (Å²) in [5.41, 5.74) is 3.49. The van der Waals surface area contributed by atoms with Crippen LogP contribution in [0.1, 0.15) is 60.6 Å². The van der Waals surface area contributed by atoms with Gasteiger partial charge in [-0.2, -0.15) is 0 Å². The van der Waals surface area contributed by atoms with Crippen molar-refractivity contribution < 1.29 is 33.4 Å². The Labute approximate surface area is 252 Å². The zero-order valence-electron chi connectivity index (χ0n) is 23.8. The normalized spacial score (nSPS) is 11.7. The van der Waals surface area contributed by atoms with Gasteiger partial charge in [0.15, 0.2) is 5.69 Å². The van der Waals surface area contributed by atoms with Gasteiger partial charge in [-0.3, -0.25) is 9.59 Å². The number of fused-ring (bicyclic) bond motifs is 3. The van der Waals surface area contributed by atoms with Gasteiger partial charge < -0.3 is 24.8 Å². The number of pyridine rings is 1. The molecule has 0 saturated carbocycles. The van der Waals surface area contributed by atoms with Crippen molar-refractivity contribution in [1.29, 1.82) is 0 Å². The highest BCUT2D eigenvalue weighted by Gasteiger charge is 2.27. The number of esters is 2. The monoisotopic (exact) mass is 599 g/mol. The fourth-order valence-corrected chi connectivity index (χ4v) is 5.69. The quantitative estimate of drug-likeness (QED) is 0.258. The molecule has 5 rings (SSSR count). The van der Waals surface area contributed by atoms with Crippen molar-refractivity contribution in [1.82, 2.24) is 10.3 Å². The second-order valence-corrected chi connectivity index (χ2v) is 10.5. The van der Waals surface area contributed by atoms with Crippen LogP contribution in [0.3, 0.4) is 0 Å². The van der Waals surface area contributed by atoms with Crippen LogP contribution in [0.15, 0.2) is 60.0 Å². The molecule has 3 heterocycles. The van der Waals surface area contributed by atoms with E-state index in [1.807, 2.05) is 18.4 Å². The lowest BCUT2D eigenvalue weighted by Gasteiger charge is -2.17. The number of hydrogen-bond donors (Lipinski definition) is 2. The van der Waals surface area contributed by atoms with Crippen LogP contribution in [0.4, 0.5) is 5.69 Å².